The number of amides is 1. The van der Waals surface area contributed by atoms with Crippen LogP contribution in [0.3, 0.4) is 0 Å². The van der Waals surface area contributed by atoms with Gasteiger partial charge in [-0.1, -0.05) is 25.7 Å². The number of rotatable bonds is 3. The molecule has 0 unspecified atom stereocenters. The molecule has 2 rings (SSSR count). The number of Topliss-reactive ketones (excluding diaryl/α,β-unsaturated/α-hetero) is 1. The van der Waals surface area contributed by atoms with Gasteiger partial charge in [0, 0.05) is 12.5 Å². The number of carbonyl (C=O) groups excluding carboxylic acids is 2. The highest BCUT2D eigenvalue weighted by molar-refractivity contribution is 6.37. The molecule has 1 saturated carbocycles. The van der Waals surface area contributed by atoms with E-state index in [-0.39, 0.29) is 11.7 Å². The number of ketones is 1. The topological polar surface area (TPSA) is 74.7 Å². The van der Waals surface area contributed by atoms with Crippen molar-refractivity contribution in [1.82, 2.24) is 4.90 Å². The van der Waals surface area contributed by atoms with Crippen molar-refractivity contribution in [2.75, 3.05) is 6.54 Å². The van der Waals surface area contributed by atoms with E-state index in [2.05, 4.69) is 0 Å². The van der Waals surface area contributed by atoms with E-state index in [0.29, 0.717) is 13.0 Å². The van der Waals surface area contributed by atoms with Crippen LogP contribution in [0.2, 0.25) is 0 Å². The number of carboxylic acids is 1. The van der Waals surface area contributed by atoms with Crippen molar-refractivity contribution in [2.24, 2.45) is 5.92 Å². The molecule has 0 aromatic rings. The molecule has 19 heavy (non-hydrogen) atoms. The first-order valence-corrected chi connectivity index (χ1v) is 7.19. The maximum absolute atomic E-state index is 12.3. The second-order valence-electron chi connectivity index (χ2n) is 5.55. The predicted molar refractivity (Wildman–Crippen MR) is 68.6 cm³/mol. The molecule has 1 atom stereocenters. The van der Waals surface area contributed by atoms with Crippen LogP contribution in [-0.2, 0) is 14.4 Å². The summed E-state index contributed by atoms with van der Waals surface area (Å²) >= 11 is 0. The van der Waals surface area contributed by atoms with Gasteiger partial charge in [0.15, 0.2) is 0 Å². The van der Waals surface area contributed by atoms with Gasteiger partial charge >= 0.3 is 5.97 Å². The Morgan fingerprint density at radius 2 is 1.53 bits per heavy atom. The fourth-order valence-corrected chi connectivity index (χ4v) is 3.11. The van der Waals surface area contributed by atoms with Gasteiger partial charge in [0.1, 0.15) is 6.04 Å². The Balaban J connectivity index is 2.09. The van der Waals surface area contributed by atoms with Gasteiger partial charge < -0.3 is 10.0 Å². The highest BCUT2D eigenvalue weighted by Gasteiger charge is 2.37. The minimum absolute atomic E-state index is 0.176. The van der Waals surface area contributed by atoms with Crippen molar-refractivity contribution in [3.63, 3.8) is 0 Å². The maximum atomic E-state index is 12.3. The van der Waals surface area contributed by atoms with Crippen LogP contribution in [0.4, 0.5) is 0 Å². The molecule has 0 radical (unpaired) electrons. The smallest absolute Gasteiger partial charge is 0.326 e. The molecule has 1 aliphatic carbocycles. The molecule has 0 aromatic carbocycles. The summed E-state index contributed by atoms with van der Waals surface area (Å²) in [7, 11) is 0. The van der Waals surface area contributed by atoms with Gasteiger partial charge in [0.25, 0.3) is 5.91 Å². The van der Waals surface area contributed by atoms with E-state index in [0.717, 1.165) is 44.9 Å². The SMILES string of the molecule is O=C(C(=O)N1CCCCC[C@H]1C(=O)O)C1CCCC1. The summed E-state index contributed by atoms with van der Waals surface area (Å²) in [6.07, 6.45) is 6.50. The Bertz CT molecular complexity index is 374. The fraction of sp³-hybridized carbons (Fsp3) is 0.786. The molecule has 0 aromatic heterocycles. The van der Waals surface area contributed by atoms with Gasteiger partial charge in [-0.2, -0.15) is 0 Å². The average molecular weight is 267 g/mol. The zero-order chi connectivity index (χ0) is 13.8. The minimum Gasteiger partial charge on any atom is -0.480 e. The predicted octanol–water partition coefficient (Wildman–Crippen LogP) is 1.60. The zero-order valence-corrected chi connectivity index (χ0v) is 11.1. The van der Waals surface area contributed by atoms with Gasteiger partial charge in [-0.3, -0.25) is 9.59 Å². The minimum atomic E-state index is -0.991. The molecule has 106 valence electrons. The summed E-state index contributed by atoms with van der Waals surface area (Å²) in [4.78, 5) is 37.0. The maximum Gasteiger partial charge on any atom is 0.326 e. The van der Waals surface area contributed by atoms with Crippen LogP contribution in [0, 0.1) is 5.92 Å². The van der Waals surface area contributed by atoms with Crippen LogP contribution in [0.15, 0.2) is 0 Å². The summed E-state index contributed by atoms with van der Waals surface area (Å²) < 4.78 is 0. The van der Waals surface area contributed by atoms with E-state index in [9.17, 15) is 19.5 Å². The normalized spacial score (nSPS) is 25.1. The molecule has 5 heteroatoms. The van der Waals surface area contributed by atoms with Crippen molar-refractivity contribution in [3.05, 3.63) is 0 Å². The second-order valence-corrected chi connectivity index (χ2v) is 5.55. The van der Waals surface area contributed by atoms with Crippen molar-refractivity contribution >= 4 is 17.7 Å². The monoisotopic (exact) mass is 267 g/mol. The van der Waals surface area contributed by atoms with E-state index in [1.807, 2.05) is 0 Å². The third-order valence-corrected chi connectivity index (χ3v) is 4.24. The largest absolute Gasteiger partial charge is 0.480 e. The number of hydrogen-bond donors (Lipinski definition) is 1. The molecule has 1 N–H and O–H groups in total. The van der Waals surface area contributed by atoms with Gasteiger partial charge in [0.05, 0.1) is 0 Å². The Hall–Kier alpha value is -1.39. The molecule has 5 nitrogen and oxygen atoms in total. The van der Waals surface area contributed by atoms with Gasteiger partial charge in [-0.15, -0.1) is 0 Å². The Labute approximate surface area is 113 Å². The Morgan fingerprint density at radius 3 is 2.16 bits per heavy atom. The summed E-state index contributed by atoms with van der Waals surface area (Å²) in [5, 5.41) is 9.22. The van der Waals surface area contributed by atoms with E-state index >= 15 is 0 Å². The first kappa shape index (κ1) is 14.0. The molecule has 2 fully saturated rings. The van der Waals surface area contributed by atoms with Crippen LogP contribution >= 0.6 is 0 Å². The van der Waals surface area contributed by atoms with E-state index < -0.39 is 17.9 Å². The standard InChI is InChI=1S/C14H21NO4/c16-12(10-6-3-4-7-10)13(17)15-9-5-1-2-8-11(15)14(18)19/h10-11H,1-9H2,(H,18,19)/t11-/m0/s1. The number of carbonyl (C=O) groups is 3. The summed E-state index contributed by atoms with van der Waals surface area (Å²) in [6, 6.07) is -0.819. The van der Waals surface area contributed by atoms with Gasteiger partial charge in [0.2, 0.25) is 5.78 Å². The number of aliphatic carboxylic acids is 1. The molecular weight excluding hydrogens is 246 g/mol. The van der Waals surface area contributed by atoms with Crippen molar-refractivity contribution in [1.29, 1.82) is 0 Å². The number of carboxylic acid groups (broad SMARTS) is 1. The number of likely N-dealkylation sites (tertiary alicyclic amines) is 1. The first-order valence-electron chi connectivity index (χ1n) is 7.19. The lowest BCUT2D eigenvalue weighted by Crippen LogP contribution is -2.48. The lowest BCUT2D eigenvalue weighted by atomic mass is 10.0. The number of hydrogen-bond acceptors (Lipinski definition) is 3. The molecule has 2 aliphatic rings. The van der Waals surface area contributed by atoms with E-state index in [1.54, 1.807) is 0 Å². The van der Waals surface area contributed by atoms with Crippen LogP contribution in [-0.4, -0.2) is 40.3 Å². The van der Waals surface area contributed by atoms with Crippen LogP contribution in [0.1, 0.15) is 51.4 Å². The summed E-state index contributed by atoms with van der Waals surface area (Å²) in [5.74, 6) is -2.11. The van der Waals surface area contributed by atoms with E-state index in [1.165, 1.54) is 4.90 Å². The van der Waals surface area contributed by atoms with Crippen LogP contribution < -0.4 is 0 Å². The van der Waals surface area contributed by atoms with Gasteiger partial charge in [-0.05, 0) is 25.7 Å². The average Bonchev–Trinajstić information content (AvgIpc) is 2.80. The zero-order valence-electron chi connectivity index (χ0n) is 11.1. The second kappa shape index (κ2) is 6.17. The van der Waals surface area contributed by atoms with Crippen molar-refractivity contribution in [2.45, 2.75) is 57.4 Å². The molecule has 1 saturated heterocycles. The lowest BCUT2D eigenvalue weighted by molar-refractivity contribution is -0.154. The highest BCUT2D eigenvalue weighted by Crippen LogP contribution is 2.27. The van der Waals surface area contributed by atoms with E-state index in [4.69, 9.17) is 0 Å². The third-order valence-electron chi connectivity index (χ3n) is 4.24. The third kappa shape index (κ3) is 3.14. The lowest BCUT2D eigenvalue weighted by Gasteiger charge is -2.27. The molecular formula is C14H21NO4. The van der Waals surface area contributed by atoms with Crippen molar-refractivity contribution in [3.8, 4) is 0 Å². The molecule has 1 aliphatic heterocycles. The molecule has 1 heterocycles. The Morgan fingerprint density at radius 1 is 0.895 bits per heavy atom. The highest BCUT2D eigenvalue weighted by atomic mass is 16.4. The summed E-state index contributed by atoms with van der Waals surface area (Å²) in [5.41, 5.74) is 0. The fourth-order valence-electron chi connectivity index (χ4n) is 3.11. The molecule has 0 spiro atoms. The quantitative estimate of drug-likeness (QED) is 0.788. The molecule has 1 amide bonds. The van der Waals surface area contributed by atoms with Crippen molar-refractivity contribution < 1.29 is 19.5 Å². The summed E-state index contributed by atoms with van der Waals surface area (Å²) in [6.45, 7) is 0.397. The first-order chi connectivity index (χ1) is 9.11. The van der Waals surface area contributed by atoms with Crippen LogP contribution in [0.5, 0.6) is 0 Å². The van der Waals surface area contributed by atoms with Gasteiger partial charge in [-0.25, -0.2) is 4.79 Å². The van der Waals surface area contributed by atoms with Crippen LogP contribution in [0.25, 0.3) is 0 Å². The molecule has 0 bridgehead atoms. The number of nitrogens with zero attached hydrogens (tertiary/aromatic N) is 1. The Kier molecular flexibility index (Phi) is 4.56.